The highest BCUT2D eigenvalue weighted by Crippen LogP contribution is 2.42. The molecule has 18 heavy (non-hydrogen) atoms. The van der Waals surface area contributed by atoms with E-state index in [-0.39, 0.29) is 0 Å². The van der Waals surface area contributed by atoms with Crippen LogP contribution in [-0.4, -0.2) is 31.1 Å². The predicted octanol–water partition coefficient (Wildman–Crippen LogP) is 3.04. The number of hydrogen-bond acceptors (Lipinski definition) is 3. The van der Waals surface area contributed by atoms with E-state index in [4.69, 9.17) is 4.74 Å². The van der Waals surface area contributed by atoms with E-state index < -0.39 is 0 Å². The Morgan fingerprint density at radius 3 is 2.78 bits per heavy atom. The van der Waals surface area contributed by atoms with Gasteiger partial charge in [0.1, 0.15) is 5.75 Å². The van der Waals surface area contributed by atoms with Crippen LogP contribution in [-0.2, 0) is 0 Å². The van der Waals surface area contributed by atoms with Crippen molar-refractivity contribution in [3.63, 3.8) is 0 Å². The van der Waals surface area contributed by atoms with Gasteiger partial charge in [0.15, 0.2) is 0 Å². The summed E-state index contributed by atoms with van der Waals surface area (Å²) in [5.41, 5.74) is 2.62. The molecule has 0 amide bonds. The Labute approximate surface area is 109 Å². The summed E-state index contributed by atoms with van der Waals surface area (Å²) >= 11 is 0. The fraction of sp³-hybridized carbons (Fsp3) is 0.600. The first kappa shape index (κ1) is 11.8. The minimum atomic E-state index is 0.513. The number of likely N-dealkylation sites (tertiary alicyclic amines) is 1. The zero-order chi connectivity index (χ0) is 12.5. The molecule has 1 fully saturated rings. The molecule has 2 heterocycles. The average Bonchev–Trinajstić information content (AvgIpc) is 2.90. The van der Waals surface area contributed by atoms with E-state index in [1.165, 1.54) is 43.6 Å². The van der Waals surface area contributed by atoms with E-state index in [1.807, 2.05) is 6.07 Å². The molecule has 3 nitrogen and oxygen atoms in total. The molecule has 1 aromatic carbocycles. The van der Waals surface area contributed by atoms with E-state index in [2.05, 4.69) is 29.3 Å². The molecule has 0 aliphatic carbocycles. The summed E-state index contributed by atoms with van der Waals surface area (Å²) in [4.78, 5) is 2.63. The van der Waals surface area contributed by atoms with E-state index in [0.717, 1.165) is 5.75 Å². The summed E-state index contributed by atoms with van der Waals surface area (Å²) < 4.78 is 5.49. The monoisotopic (exact) mass is 246 g/mol. The standard InChI is InChI=1S/C15H22N2O/c1-11-10-13(17-8-3-4-9-17)12-6-5-7-14(18-2)15(12)16-11/h5-7,11,13,16H,3-4,8-10H2,1-2H3. The highest BCUT2D eigenvalue weighted by atomic mass is 16.5. The number of fused-ring (bicyclic) bond motifs is 1. The quantitative estimate of drug-likeness (QED) is 0.868. The second-order valence-electron chi connectivity index (χ2n) is 5.46. The third-order valence-electron chi connectivity index (χ3n) is 4.19. The van der Waals surface area contributed by atoms with Gasteiger partial charge < -0.3 is 10.1 Å². The van der Waals surface area contributed by atoms with Crippen molar-refractivity contribution in [2.75, 3.05) is 25.5 Å². The van der Waals surface area contributed by atoms with Gasteiger partial charge in [0.25, 0.3) is 0 Å². The third kappa shape index (κ3) is 1.97. The van der Waals surface area contributed by atoms with Crippen LogP contribution in [0.1, 0.15) is 37.8 Å². The fourth-order valence-corrected chi connectivity index (χ4v) is 3.32. The number of hydrogen-bond donors (Lipinski definition) is 1. The van der Waals surface area contributed by atoms with Gasteiger partial charge in [0.2, 0.25) is 0 Å². The molecule has 2 atom stereocenters. The topological polar surface area (TPSA) is 24.5 Å². The van der Waals surface area contributed by atoms with Crippen LogP contribution in [0.15, 0.2) is 18.2 Å². The van der Waals surface area contributed by atoms with Gasteiger partial charge in [-0.15, -0.1) is 0 Å². The molecule has 1 saturated heterocycles. The minimum absolute atomic E-state index is 0.513. The number of nitrogens with one attached hydrogen (secondary N) is 1. The Morgan fingerprint density at radius 2 is 2.06 bits per heavy atom. The molecule has 3 rings (SSSR count). The summed E-state index contributed by atoms with van der Waals surface area (Å²) in [6.07, 6.45) is 3.88. The average molecular weight is 246 g/mol. The molecule has 1 N–H and O–H groups in total. The first-order chi connectivity index (χ1) is 8.79. The van der Waals surface area contributed by atoms with Gasteiger partial charge in [-0.05, 0) is 50.9 Å². The van der Waals surface area contributed by atoms with Crippen molar-refractivity contribution in [2.45, 2.75) is 38.3 Å². The van der Waals surface area contributed by atoms with Crippen LogP contribution in [0.25, 0.3) is 0 Å². The van der Waals surface area contributed by atoms with Crippen molar-refractivity contribution >= 4 is 5.69 Å². The first-order valence-electron chi connectivity index (χ1n) is 6.97. The lowest BCUT2D eigenvalue weighted by Gasteiger charge is -2.37. The second kappa shape index (κ2) is 4.81. The maximum Gasteiger partial charge on any atom is 0.142 e. The van der Waals surface area contributed by atoms with Gasteiger partial charge in [-0.2, -0.15) is 0 Å². The Morgan fingerprint density at radius 1 is 1.28 bits per heavy atom. The summed E-state index contributed by atoms with van der Waals surface area (Å²) in [7, 11) is 1.75. The van der Waals surface area contributed by atoms with Crippen LogP contribution in [0, 0.1) is 0 Å². The third-order valence-corrected chi connectivity index (χ3v) is 4.19. The number of rotatable bonds is 2. The van der Waals surface area contributed by atoms with E-state index in [0.29, 0.717) is 12.1 Å². The van der Waals surface area contributed by atoms with Crippen molar-refractivity contribution in [3.05, 3.63) is 23.8 Å². The van der Waals surface area contributed by atoms with Crippen molar-refractivity contribution in [1.29, 1.82) is 0 Å². The van der Waals surface area contributed by atoms with Gasteiger partial charge in [0, 0.05) is 12.1 Å². The van der Waals surface area contributed by atoms with Crippen molar-refractivity contribution in [2.24, 2.45) is 0 Å². The number of anilines is 1. The predicted molar refractivity (Wildman–Crippen MR) is 74.2 cm³/mol. The molecular formula is C15H22N2O. The molecule has 0 spiro atoms. The number of nitrogens with zero attached hydrogens (tertiary/aromatic N) is 1. The van der Waals surface area contributed by atoms with Crippen LogP contribution in [0.3, 0.4) is 0 Å². The van der Waals surface area contributed by atoms with Crippen LogP contribution in [0.2, 0.25) is 0 Å². The number of methoxy groups -OCH3 is 1. The molecule has 2 aliphatic heterocycles. The van der Waals surface area contributed by atoms with Crippen LogP contribution in [0.4, 0.5) is 5.69 Å². The SMILES string of the molecule is COc1cccc2c1NC(C)CC2N1CCCC1. The van der Waals surface area contributed by atoms with Crippen molar-refractivity contribution in [1.82, 2.24) is 4.90 Å². The van der Waals surface area contributed by atoms with Gasteiger partial charge in [-0.3, -0.25) is 4.90 Å². The molecule has 0 bridgehead atoms. The molecule has 98 valence electrons. The zero-order valence-corrected chi connectivity index (χ0v) is 11.3. The normalized spacial score (nSPS) is 27.7. The van der Waals surface area contributed by atoms with Gasteiger partial charge >= 0.3 is 0 Å². The second-order valence-corrected chi connectivity index (χ2v) is 5.46. The van der Waals surface area contributed by atoms with Crippen LogP contribution >= 0.6 is 0 Å². The van der Waals surface area contributed by atoms with Crippen molar-refractivity contribution in [3.8, 4) is 5.75 Å². The lowest BCUT2D eigenvalue weighted by atomic mass is 9.92. The van der Waals surface area contributed by atoms with Crippen LogP contribution in [0.5, 0.6) is 5.75 Å². The maximum atomic E-state index is 5.49. The van der Waals surface area contributed by atoms with E-state index in [9.17, 15) is 0 Å². The zero-order valence-electron chi connectivity index (χ0n) is 11.3. The molecule has 0 aromatic heterocycles. The Bertz CT molecular complexity index is 427. The smallest absolute Gasteiger partial charge is 0.142 e. The summed E-state index contributed by atoms with van der Waals surface area (Å²) in [5.74, 6) is 0.975. The van der Waals surface area contributed by atoms with Crippen molar-refractivity contribution < 1.29 is 4.74 Å². The molecule has 0 radical (unpaired) electrons. The highest BCUT2D eigenvalue weighted by molar-refractivity contribution is 5.65. The number of benzene rings is 1. The van der Waals surface area contributed by atoms with E-state index in [1.54, 1.807) is 7.11 Å². The Balaban J connectivity index is 1.98. The lowest BCUT2D eigenvalue weighted by molar-refractivity contribution is 0.222. The summed E-state index contributed by atoms with van der Waals surface area (Å²) in [6.45, 7) is 4.75. The largest absolute Gasteiger partial charge is 0.495 e. The molecular weight excluding hydrogens is 224 g/mol. The molecule has 2 aliphatic rings. The van der Waals surface area contributed by atoms with Gasteiger partial charge in [-0.1, -0.05) is 12.1 Å². The first-order valence-corrected chi connectivity index (χ1v) is 6.97. The van der Waals surface area contributed by atoms with Crippen LogP contribution < -0.4 is 10.1 Å². The minimum Gasteiger partial charge on any atom is -0.495 e. The Kier molecular flexibility index (Phi) is 3.16. The molecule has 3 heteroatoms. The summed E-state index contributed by atoms with van der Waals surface area (Å²) in [5, 5.41) is 3.58. The maximum absolute atomic E-state index is 5.49. The highest BCUT2D eigenvalue weighted by Gasteiger charge is 2.31. The molecule has 1 aromatic rings. The fourth-order valence-electron chi connectivity index (χ4n) is 3.32. The Hall–Kier alpha value is -1.22. The summed E-state index contributed by atoms with van der Waals surface area (Å²) in [6, 6.07) is 7.48. The lowest BCUT2D eigenvalue weighted by Crippen LogP contribution is -2.35. The number of para-hydroxylation sites is 1. The van der Waals surface area contributed by atoms with Gasteiger partial charge in [-0.25, -0.2) is 0 Å². The number of ether oxygens (including phenoxy) is 1. The molecule has 0 saturated carbocycles. The van der Waals surface area contributed by atoms with Gasteiger partial charge in [0.05, 0.1) is 12.8 Å². The molecule has 2 unspecified atom stereocenters. The van der Waals surface area contributed by atoms with E-state index >= 15 is 0 Å².